The maximum absolute atomic E-state index is 11.2. The van der Waals surface area contributed by atoms with Gasteiger partial charge in [0.05, 0.1) is 7.11 Å². The van der Waals surface area contributed by atoms with E-state index in [0.29, 0.717) is 18.3 Å². The summed E-state index contributed by atoms with van der Waals surface area (Å²) in [4.78, 5) is 11.2. The van der Waals surface area contributed by atoms with Gasteiger partial charge in [-0.3, -0.25) is 4.79 Å². The Kier molecular flexibility index (Phi) is 11.9. The van der Waals surface area contributed by atoms with Gasteiger partial charge in [-0.25, -0.2) is 0 Å². The lowest BCUT2D eigenvalue weighted by molar-refractivity contribution is -0.141. The summed E-state index contributed by atoms with van der Waals surface area (Å²) in [6, 6.07) is 0. The van der Waals surface area contributed by atoms with Crippen molar-refractivity contribution < 1.29 is 9.53 Å². The van der Waals surface area contributed by atoms with Crippen molar-refractivity contribution in [2.45, 2.75) is 85.5 Å². The van der Waals surface area contributed by atoms with E-state index in [1.54, 1.807) is 0 Å². The zero-order chi connectivity index (χ0) is 15.4. The molecule has 3 unspecified atom stereocenters. The molecule has 2 heteroatoms. The minimum Gasteiger partial charge on any atom is -0.469 e. The van der Waals surface area contributed by atoms with Gasteiger partial charge in [0.15, 0.2) is 0 Å². The predicted octanol–water partition coefficient (Wildman–Crippen LogP) is 5.60. The molecule has 0 aromatic carbocycles. The first-order valence-corrected chi connectivity index (χ1v) is 8.58. The molecule has 120 valence electrons. The maximum atomic E-state index is 11.2. The van der Waals surface area contributed by atoms with Crippen LogP contribution in [0.4, 0.5) is 0 Å². The van der Waals surface area contributed by atoms with E-state index in [4.69, 9.17) is 4.74 Å². The highest BCUT2D eigenvalue weighted by atomic mass is 16.5. The molecule has 0 aliphatic rings. The Labute approximate surface area is 126 Å². The fraction of sp³-hybridized carbons (Fsp3) is 0.944. The van der Waals surface area contributed by atoms with Gasteiger partial charge in [0.25, 0.3) is 0 Å². The molecule has 0 rings (SSSR count). The Morgan fingerprint density at radius 1 is 0.950 bits per heavy atom. The molecule has 0 radical (unpaired) electrons. The van der Waals surface area contributed by atoms with Crippen LogP contribution < -0.4 is 0 Å². The molecule has 0 aromatic rings. The average molecular weight is 284 g/mol. The van der Waals surface area contributed by atoms with E-state index in [1.807, 2.05) is 0 Å². The van der Waals surface area contributed by atoms with Crippen molar-refractivity contribution in [3.63, 3.8) is 0 Å². The molecule has 0 amide bonds. The minimum absolute atomic E-state index is 0.0757. The van der Waals surface area contributed by atoms with Crippen molar-refractivity contribution in [1.82, 2.24) is 0 Å². The Morgan fingerprint density at radius 3 is 2.15 bits per heavy atom. The molecular weight excluding hydrogens is 248 g/mol. The quantitative estimate of drug-likeness (QED) is 0.344. The third kappa shape index (κ3) is 10.3. The third-order valence-corrected chi connectivity index (χ3v) is 4.50. The zero-order valence-electron chi connectivity index (χ0n) is 14.4. The van der Waals surface area contributed by atoms with Crippen molar-refractivity contribution in [1.29, 1.82) is 0 Å². The molecule has 0 N–H and O–H groups in total. The van der Waals surface area contributed by atoms with Crippen molar-refractivity contribution in [3.8, 4) is 0 Å². The largest absolute Gasteiger partial charge is 0.469 e. The summed E-state index contributed by atoms with van der Waals surface area (Å²) < 4.78 is 4.74. The van der Waals surface area contributed by atoms with E-state index >= 15 is 0 Å². The summed E-state index contributed by atoms with van der Waals surface area (Å²) >= 11 is 0. The Bertz CT molecular complexity index is 238. The van der Waals surface area contributed by atoms with Crippen molar-refractivity contribution >= 4 is 5.97 Å². The fourth-order valence-electron chi connectivity index (χ4n) is 2.85. The monoisotopic (exact) mass is 284 g/mol. The minimum atomic E-state index is -0.0757. The lowest BCUT2D eigenvalue weighted by Crippen LogP contribution is -2.15. The number of carbonyl (C=O) groups excluding carboxylic acids is 1. The Hall–Kier alpha value is -0.530. The van der Waals surface area contributed by atoms with Gasteiger partial charge in [0.2, 0.25) is 0 Å². The highest BCUT2D eigenvalue weighted by Crippen LogP contribution is 2.26. The zero-order valence-corrected chi connectivity index (χ0v) is 14.4. The number of rotatable bonds is 12. The summed E-state index contributed by atoms with van der Waals surface area (Å²) in [6.45, 7) is 9.11. The van der Waals surface area contributed by atoms with E-state index in [-0.39, 0.29) is 5.97 Å². The van der Waals surface area contributed by atoms with E-state index < -0.39 is 0 Å². The molecule has 2 nitrogen and oxygen atoms in total. The first-order valence-electron chi connectivity index (χ1n) is 8.58. The smallest absolute Gasteiger partial charge is 0.305 e. The molecular formula is C18H36O2. The van der Waals surface area contributed by atoms with Crippen molar-refractivity contribution in [2.75, 3.05) is 7.11 Å². The lowest BCUT2D eigenvalue weighted by Gasteiger charge is -2.22. The van der Waals surface area contributed by atoms with Crippen LogP contribution in [0.25, 0.3) is 0 Å². The van der Waals surface area contributed by atoms with E-state index in [0.717, 1.165) is 12.3 Å². The average Bonchev–Trinajstić information content (AvgIpc) is 2.41. The van der Waals surface area contributed by atoms with Crippen LogP contribution in [-0.2, 0) is 9.53 Å². The van der Waals surface area contributed by atoms with Crippen molar-refractivity contribution in [3.05, 3.63) is 0 Å². The summed E-state index contributed by atoms with van der Waals surface area (Å²) in [6.07, 6.45) is 11.3. The predicted molar refractivity (Wildman–Crippen MR) is 86.7 cm³/mol. The summed E-state index contributed by atoms with van der Waals surface area (Å²) in [7, 11) is 1.47. The first-order chi connectivity index (χ1) is 9.51. The molecule has 0 aliphatic carbocycles. The van der Waals surface area contributed by atoms with Gasteiger partial charge < -0.3 is 4.74 Å². The molecule has 0 spiro atoms. The van der Waals surface area contributed by atoms with Crippen molar-refractivity contribution in [2.24, 2.45) is 17.8 Å². The molecule has 0 saturated heterocycles. The molecule has 0 aromatic heterocycles. The van der Waals surface area contributed by atoms with Gasteiger partial charge in [-0.1, -0.05) is 72.6 Å². The Morgan fingerprint density at radius 2 is 1.55 bits per heavy atom. The van der Waals surface area contributed by atoms with Gasteiger partial charge in [-0.05, 0) is 24.2 Å². The number of methoxy groups -OCH3 is 1. The number of hydrogen-bond donors (Lipinski definition) is 0. The number of esters is 1. The van der Waals surface area contributed by atoms with Crippen LogP contribution in [0.1, 0.15) is 85.5 Å². The fourth-order valence-corrected chi connectivity index (χ4v) is 2.85. The molecule has 0 heterocycles. The third-order valence-electron chi connectivity index (χ3n) is 4.50. The van der Waals surface area contributed by atoms with Gasteiger partial charge in [-0.2, -0.15) is 0 Å². The van der Waals surface area contributed by atoms with E-state index in [9.17, 15) is 4.79 Å². The number of ether oxygens (including phenoxy) is 1. The second-order valence-corrected chi connectivity index (χ2v) is 6.63. The van der Waals surface area contributed by atoms with Gasteiger partial charge >= 0.3 is 5.97 Å². The molecule has 0 bridgehead atoms. The van der Waals surface area contributed by atoms with Crippen LogP contribution in [0.2, 0.25) is 0 Å². The van der Waals surface area contributed by atoms with Crippen LogP contribution in [0.3, 0.4) is 0 Å². The molecule has 0 fully saturated rings. The van der Waals surface area contributed by atoms with Gasteiger partial charge in [-0.15, -0.1) is 0 Å². The van der Waals surface area contributed by atoms with Crippen LogP contribution in [0, 0.1) is 17.8 Å². The molecule has 3 atom stereocenters. The molecule has 0 saturated carbocycles. The van der Waals surface area contributed by atoms with Crippen LogP contribution in [0.5, 0.6) is 0 Å². The summed E-state index contributed by atoms with van der Waals surface area (Å²) in [5.41, 5.74) is 0. The standard InChI is InChI=1S/C18H36O2/c1-6-7-8-9-10-11-12-16(3)17(4)13-15(2)14-18(19)20-5/h15-17H,6-14H2,1-5H3. The van der Waals surface area contributed by atoms with E-state index in [2.05, 4.69) is 27.7 Å². The number of unbranched alkanes of at least 4 members (excludes halogenated alkanes) is 5. The van der Waals surface area contributed by atoms with Gasteiger partial charge in [0.1, 0.15) is 0 Å². The number of carbonyl (C=O) groups is 1. The first kappa shape index (κ1) is 19.5. The summed E-state index contributed by atoms with van der Waals surface area (Å²) in [5.74, 6) is 1.82. The lowest BCUT2D eigenvalue weighted by atomic mass is 9.83. The molecule has 20 heavy (non-hydrogen) atoms. The second-order valence-electron chi connectivity index (χ2n) is 6.63. The maximum Gasteiger partial charge on any atom is 0.305 e. The SMILES string of the molecule is CCCCCCCCC(C)C(C)CC(C)CC(=O)OC. The summed E-state index contributed by atoms with van der Waals surface area (Å²) in [5, 5.41) is 0. The van der Waals surface area contributed by atoms with Crippen LogP contribution in [-0.4, -0.2) is 13.1 Å². The van der Waals surface area contributed by atoms with Crippen LogP contribution in [0.15, 0.2) is 0 Å². The Balaban J connectivity index is 3.69. The highest BCUT2D eigenvalue weighted by Gasteiger charge is 2.17. The van der Waals surface area contributed by atoms with E-state index in [1.165, 1.54) is 52.1 Å². The normalized spacial score (nSPS) is 15.7. The number of hydrogen-bond acceptors (Lipinski definition) is 2. The van der Waals surface area contributed by atoms with Gasteiger partial charge in [0, 0.05) is 6.42 Å². The molecule has 0 aliphatic heterocycles. The highest BCUT2D eigenvalue weighted by molar-refractivity contribution is 5.69. The van der Waals surface area contributed by atoms with Crippen LogP contribution >= 0.6 is 0 Å². The topological polar surface area (TPSA) is 26.3 Å². The second kappa shape index (κ2) is 12.2.